The van der Waals surface area contributed by atoms with Gasteiger partial charge < -0.3 is 5.32 Å². The van der Waals surface area contributed by atoms with Crippen LogP contribution in [0.3, 0.4) is 0 Å². The summed E-state index contributed by atoms with van der Waals surface area (Å²) in [4.78, 5) is 5.25. The summed E-state index contributed by atoms with van der Waals surface area (Å²) in [5, 5.41) is 3.33. The van der Waals surface area contributed by atoms with Crippen LogP contribution in [0.2, 0.25) is 0 Å². The van der Waals surface area contributed by atoms with Crippen molar-refractivity contribution in [3.05, 3.63) is 0 Å². The molecular formula is C13H27N3. The Bertz CT molecular complexity index is 219. The molecule has 1 N–H and O–H groups in total. The summed E-state index contributed by atoms with van der Waals surface area (Å²) in [6.07, 6.45) is 2.83. The lowest BCUT2D eigenvalue weighted by Crippen LogP contribution is -2.61. The van der Waals surface area contributed by atoms with Gasteiger partial charge in [-0.25, -0.2) is 0 Å². The second-order valence-electron chi connectivity index (χ2n) is 5.78. The third-order valence-corrected chi connectivity index (χ3v) is 4.70. The average molecular weight is 225 g/mol. The molecule has 4 atom stereocenters. The van der Waals surface area contributed by atoms with Crippen molar-refractivity contribution in [2.24, 2.45) is 5.92 Å². The highest BCUT2D eigenvalue weighted by Crippen LogP contribution is 2.33. The van der Waals surface area contributed by atoms with E-state index in [1.54, 1.807) is 0 Å². The van der Waals surface area contributed by atoms with Crippen LogP contribution in [0.5, 0.6) is 0 Å². The molecule has 1 heterocycles. The highest BCUT2D eigenvalue weighted by Gasteiger charge is 2.38. The monoisotopic (exact) mass is 225 g/mol. The van der Waals surface area contributed by atoms with Crippen molar-refractivity contribution in [1.82, 2.24) is 15.1 Å². The first-order valence-corrected chi connectivity index (χ1v) is 6.74. The molecular weight excluding hydrogens is 198 g/mol. The molecule has 0 amide bonds. The van der Waals surface area contributed by atoms with Crippen LogP contribution in [0.1, 0.15) is 26.7 Å². The number of hydrogen-bond acceptors (Lipinski definition) is 3. The molecule has 0 aromatic heterocycles. The molecule has 1 aliphatic carbocycles. The van der Waals surface area contributed by atoms with Gasteiger partial charge in [-0.05, 0) is 53.2 Å². The lowest BCUT2D eigenvalue weighted by atomic mass is 9.77. The third-order valence-electron chi connectivity index (χ3n) is 4.70. The summed E-state index contributed by atoms with van der Waals surface area (Å²) in [5.41, 5.74) is 0. The summed E-state index contributed by atoms with van der Waals surface area (Å²) in [5.74, 6) is 0.896. The van der Waals surface area contributed by atoms with Gasteiger partial charge in [0.1, 0.15) is 0 Å². The van der Waals surface area contributed by atoms with Crippen molar-refractivity contribution < 1.29 is 0 Å². The molecule has 3 heteroatoms. The summed E-state index contributed by atoms with van der Waals surface area (Å²) in [6, 6.07) is 2.27. The van der Waals surface area contributed by atoms with Gasteiger partial charge in [-0.2, -0.15) is 0 Å². The number of nitrogens with one attached hydrogen (secondary N) is 1. The van der Waals surface area contributed by atoms with Gasteiger partial charge in [-0.1, -0.05) is 0 Å². The molecule has 16 heavy (non-hydrogen) atoms. The van der Waals surface area contributed by atoms with Crippen LogP contribution in [-0.4, -0.2) is 61.7 Å². The zero-order valence-corrected chi connectivity index (χ0v) is 11.2. The molecule has 0 radical (unpaired) electrons. The zero-order chi connectivity index (χ0) is 11.7. The lowest BCUT2D eigenvalue weighted by molar-refractivity contribution is -0.0163. The van der Waals surface area contributed by atoms with E-state index in [4.69, 9.17) is 0 Å². The third kappa shape index (κ3) is 2.27. The summed E-state index contributed by atoms with van der Waals surface area (Å²) < 4.78 is 0. The Hall–Kier alpha value is -0.120. The normalized spacial score (nSPS) is 42.0. The number of hydrogen-bond donors (Lipinski definition) is 1. The van der Waals surface area contributed by atoms with E-state index in [0.29, 0.717) is 12.1 Å². The van der Waals surface area contributed by atoms with E-state index in [9.17, 15) is 0 Å². The SMILES string of the molecule is CNCC1CCC1N1CC(C)N(C)C(C)C1. The fourth-order valence-corrected chi connectivity index (χ4v) is 3.25. The molecule has 2 aliphatic rings. The number of piperazine rings is 1. The number of rotatable bonds is 3. The van der Waals surface area contributed by atoms with Crippen molar-refractivity contribution in [2.45, 2.75) is 44.8 Å². The van der Waals surface area contributed by atoms with Crippen LogP contribution in [0.4, 0.5) is 0 Å². The van der Waals surface area contributed by atoms with E-state index in [2.05, 4.69) is 43.1 Å². The first-order chi connectivity index (χ1) is 7.63. The largest absolute Gasteiger partial charge is 0.319 e. The van der Waals surface area contributed by atoms with E-state index >= 15 is 0 Å². The summed E-state index contributed by atoms with van der Waals surface area (Å²) >= 11 is 0. The van der Waals surface area contributed by atoms with E-state index in [1.165, 1.54) is 32.5 Å². The standard InChI is InChI=1S/C13H27N3/c1-10-8-16(9-11(2)15(10)4)13-6-5-12(13)7-14-3/h10-14H,5-9H2,1-4H3. The van der Waals surface area contributed by atoms with E-state index in [1.807, 2.05) is 0 Å². The summed E-state index contributed by atoms with van der Waals surface area (Å²) in [7, 11) is 4.34. The van der Waals surface area contributed by atoms with E-state index in [0.717, 1.165) is 12.0 Å². The fourth-order valence-electron chi connectivity index (χ4n) is 3.25. The molecule has 3 nitrogen and oxygen atoms in total. The Balaban J connectivity index is 1.90. The molecule has 0 bridgehead atoms. The molecule has 4 unspecified atom stereocenters. The van der Waals surface area contributed by atoms with E-state index < -0.39 is 0 Å². The Labute approximate surface area is 100 Å². The Morgan fingerprint density at radius 2 is 1.75 bits per heavy atom. The van der Waals surface area contributed by atoms with Crippen LogP contribution in [-0.2, 0) is 0 Å². The van der Waals surface area contributed by atoms with Crippen molar-refractivity contribution in [3.8, 4) is 0 Å². The zero-order valence-electron chi connectivity index (χ0n) is 11.2. The Morgan fingerprint density at radius 1 is 1.12 bits per heavy atom. The first kappa shape index (κ1) is 12.3. The molecule has 1 saturated heterocycles. The number of nitrogens with zero attached hydrogens (tertiary/aromatic N) is 2. The van der Waals surface area contributed by atoms with Gasteiger partial charge in [0.25, 0.3) is 0 Å². The first-order valence-electron chi connectivity index (χ1n) is 6.74. The highest BCUT2D eigenvalue weighted by molar-refractivity contribution is 4.94. The van der Waals surface area contributed by atoms with Crippen LogP contribution >= 0.6 is 0 Å². The molecule has 0 aromatic carbocycles. The Kier molecular flexibility index (Phi) is 3.88. The van der Waals surface area contributed by atoms with Crippen molar-refractivity contribution in [3.63, 3.8) is 0 Å². The van der Waals surface area contributed by atoms with Crippen LogP contribution in [0.15, 0.2) is 0 Å². The van der Waals surface area contributed by atoms with Gasteiger partial charge in [0.15, 0.2) is 0 Å². The quantitative estimate of drug-likeness (QED) is 0.773. The van der Waals surface area contributed by atoms with Gasteiger partial charge in [-0.3, -0.25) is 9.80 Å². The molecule has 1 aliphatic heterocycles. The fraction of sp³-hybridized carbons (Fsp3) is 1.00. The average Bonchev–Trinajstić information content (AvgIpc) is 2.21. The summed E-state index contributed by atoms with van der Waals surface area (Å²) in [6.45, 7) is 8.42. The molecule has 94 valence electrons. The minimum atomic E-state index is 0.708. The lowest BCUT2D eigenvalue weighted by Gasteiger charge is -2.51. The smallest absolute Gasteiger partial charge is 0.0195 e. The van der Waals surface area contributed by atoms with Gasteiger partial charge in [0.2, 0.25) is 0 Å². The molecule has 0 spiro atoms. The molecule has 2 rings (SSSR count). The maximum absolute atomic E-state index is 3.33. The second kappa shape index (κ2) is 5.03. The van der Waals surface area contributed by atoms with E-state index in [-0.39, 0.29) is 0 Å². The van der Waals surface area contributed by atoms with Gasteiger partial charge in [-0.15, -0.1) is 0 Å². The van der Waals surface area contributed by atoms with Crippen LogP contribution in [0, 0.1) is 5.92 Å². The predicted molar refractivity (Wildman–Crippen MR) is 68.7 cm³/mol. The number of likely N-dealkylation sites (N-methyl/N-ethyl adjacent to an activating group) is 1. The Morgan fingerprint density at radius 3 is 2.19 bits per heavy atom. The second-order valence-corrected chi connectivity index (χ2v) is 5.78. The van der Waals surface area contributed by atoms with Gasteiger partial charge in [0, 0.05) is 31.2 Å². The van der Waals surface area contributed by atoms with Gasteiger partial charge >= 0.3 is 0 Å². The topological polar surface area (TPSA) is 18.5 Å². The predicted octanol–water partition coefficient (Wildman–Crippen LogP) is 1.01. The van der Waals surface area contributed by atoms with Crippen molar-refractivity contribution in [1.29, 1.82) is 0 Å². The molecule has 0 aromatic rings. The minimum absolute atomic E-state index is 0.708. The molecule has 2 fully saturated rings. The van der Waals surface area contributed by atoms with Crippen LogP contribution < -0.4 is 5.32 Å². The molecule has 1 saturated carbocycles. The minimum Gasteiger partial charge on any atom is -0.319 e. The maximum Gasteiger partial charge on any atom is 0.0195 e. The van der Waals surface area contributed by atoms with Gasteiger partial charge in [0.05, 0.1) is 0 Å². The maximum atomic E-state index is 3.33. The van der Waals surface area contributed by atoms with Crippen molar-refractivity contribution in [2.75, 3.05) is 33.7 Å². The highest BCUT2D eigenvalue weighted by atomic mass is 15.3. The van der Waals surface area contributed by atoms with Crippen LogP contribution in [0.25, 0.3) is 0 Å². The van der Waals surface area contributed by atoms with Crippen molar-refractivity contribution >= 4 is 0 Å².